The second-order valence-corrected chi connectivity index (χ2v) is 6.94. The molecule has 20 heavy (non-hydrogen) atoms. The second kappa shape index (κ2) is 9.39. The van der Waals surface area contributed by atoms with Crippen LogP contribution in [0.2, 0.25) is 0 Å². The van der Waals surface area contributed by atoms with Gasteiger partial charge in [0.1, 0.15) is 0 Å². The molecule has 2 atom stereocenters. The van der Waals surface area contributed by atoms with E-state index < -0.39 is 10.8 Å². The summed E-state index contributed by atoms with van der Waals surface area (Å²) in [5.41, 5.74) is 1.07. The summed E-state index contributed by atoms with van der Waals surface area (Å²) in [4.78, 5) is 11.7. The maximum Gasteiger partial charge on any atom is 0.238 e. The summed E-state index contributed by atoms with van der Waals surface area (Å²) < 4.78 is 11.9. The summed E-state index contributed by atoms with van der Waals surface area (Å²) in [7, 11) is -0.929. The minimum Gasteiger partial charge on any atom is -0.354 e. The third kappa shape index (κ3) is 5.83. The predicted octanol–water partition coefficient (Wildman–Crippen LogP) is 1.14. The Morgan fingerprint density at radius 1 is 1.40 bits per heavy atom. The van der Waals surface area contributed by atoms with Crippen LogP contribution in [0, 0.1) is 0 Å². The van der Waals surface area contributed by atoms with Crippen molar-refractivity contribution in [3.05, 3.63) is 35.9 Å². The molecule has 1 aliphatic heterocycles. The van der Waals surface area contributed by atoms with Crippen molar-refractivity contribution in [2.45, 2.75) is 11.8 Å². The lowest BCUT2D eigenvalue weighted by Crippen LogP contribution is -2.43. The highest BCUT2D eigenvalue weighted by atomic mass is 35.5. The Labute approximate surface area is 132 Å². The number of thioether (sulfide) groups is 1. The molecule has 1 aliphatic rings. The van der Waals surface area contributed by atoms with E-state index in [-0.39, 0.29) is 24.4 Å². The Balaban J connectivity index is 0.00000200. The molecule has 0 radical (unpaired) electrons. The first-order valence-corrected chi connectivity index (χ1v) is 8.88. The highest BCUT2D eigenvalue weighted by Crippen LogP contribution is 2.09. The van der Waals surface area contributed by atoms with Gasteiger partial charge in [-0.2, -0.15) is 0 Å². The molecule has 1 aromatic carbocycles. The van der Waals surface area contributed by atoms with Crippen LogP contribution in [0.1, 0.15) is 5.56 Å². The van der Waals surface area contributed by atoms with Gasteiger partial charge in [-0.05, 0) is 5.56 Å². The quantitative estimate of drug-likeness (QED) is 0.819. The monoisotopic (exact) mass is 334 g/mol. The summed E-state index contributed by atoms with van der Waals surface area (Å²) in [6.45, 7) is 0.473. The van der Waals surface area contributed by atoms with Gasteiger partial charge in [0.2, 0.25) is 5.91 Å². The third-order valence-electron chi connectivity index (χ3n) is 2.83. The molecule has 2 unspecified atom stereocenters. The third-order valence-corrected chi connectivity index (χ3v) is 5.09. The van der Waals surface area contributed by atoms with E-state index in [1.54, 1.807) is 11.8 Å². The zero-order valence-corrected chi connectivity index (χ0v) is 13.5. The van der Waals surface area contributed by atoms with E-state index >= 15 is 0 Å². The predicted molar refractivity (Wildman–Crippen MR) is 87.7 cm³/mol. The molecule has 1 heterocycles. The van der Waals surface area contributed by atoms with E-state index in [2.05, 4.69) is 10.6 Å². The fourth-order valence-electron chi connectivity index (χ4n) is 1.81. The Bertz CT molecular complexity index is 439. The number of hydrogen-bond donors (Lipinski definition) is 2. The molecular formula is C13H19ClN2O2S2. The average molecular weight is 335 g/mol. The fourth-order valence-corrected chi connectivity index (χ4v) is 3.79. The molecule has 0 aromatic heterocycles. The van der Waals surface area contributed by atoms with Crippen LogP contribution in [0.3, 0.4) is 0 Å². The maximum absolute atomic E-state index is 11.9. The van der Waals surface area contributed by atoms with Crippen molar-refractivity contribution in [1.82, 2.24) is 10.6 Å². The SMILES string of the molecule is Cl.O=C(NCCS(=O)Cc1ccccc1)C1CSCN1. The lowest BCUT2D eigenvalue weighted by atomic mass is 10.2. The molecule has 1 saturated heterocycles. The van der Waals surface area contributed by atoms with E-state index in [0.29, 0.717) is 18.1 Å². The van der Waals surface area contributed by atoms with Crippen molar-refractivity contribution in [2.24, 2.45) is 0 Å². The van der Waals surface area contributed by atoms with Crippen molar-refractivity contribution in [1.29, 1.82) is 0 Å². The topological polar surface area (TPSA) is 58.2 Å². The minimum absolute atomic E-state index is 0. The molecule has 112 valence electrons. The first kappa shape index (κ1) is 17.5. The van der Waals surface area contributed by atoms with Gasteiger partial charge >= 0.3 is 0 Å². The number of carbonyl (C=O) groups excluding carboxylic acids is 1. The number of benzene rings is 1. The molecule has 1 aromatic rings. The molecular weight excluding hydrogens is 316 g/mol. The van der Waals surface area contributed by atoms with Gasteiger partial charge in [0.05, 0.1) is 6.04 Å². The van der Waals surface area contributed by atoms with Crippen LogP contribution < -0.4 is 10.6 Å². The van der Waals surface area contributed by atoms with Crippen LogP contribution in [0.15, 0.2) is 30.3 Å². The normalized spacial score (nSPS) is 19.1. The van der Waals surface area contributed by atoms with Crippen molar-refractivity contribution in [3.8, 4) is 0 Å². The van der Waals surface area contributed by atoms with Gasteiger partial charge < -0.3 is 5.32 Å². The van der Waals surface area contributed by atoms with Crippen LogP contribution in [0.5, 0.6) is 0 Å². The zero-order chi connectivity index (χ0) is 13.5. The molecule has 4 nitrogen and oxygen atoms in total. The number of amides is 1. The Hall–Kier alpha value is -0.560. The Morgan fingerprint density at radius 2 is 2.15 bits per heavy atom. The molecule has 0 aliphatic carbocycles. The molecule has 0 spiro atoms. The van der Waals surface area contributed by atoms with Crippen LogP contribution in [0.25, 0.3) is 0 Å². The molecule has 2 N–H and O–H groups in total. The van der Waals surface area contributed by atoms with Crippen LogP contribution >= 0.6 is 24.2 Å². The number of nitrogens with one attached hydrogen (secondary N) is 2. The second-order valence-electron chi connectivity index (χ2n) is 4.34. The highest BCUT2D eigenvalue weighted by Gasteiger charge is 2.21. The van der Waals surface area contributed by atoms with Crippen molar-refractivity contribution in [3.63, 3.8) is 0 Å². The lowest BCUT2D eigenvalue weighted by molar-refractivity contribution is -0.122. The summed E-state index contributed by atoms with van der Waals surface area (Å²) in [6, 6.07) is 9.67. The van der Waals surface area contributed by atoms with E-state index in [0.717, 1.165) is 17.2 Å². The van der Waals surface area contributed by atoms with E-state index in [4.69, 9.17) is 0 Å². The highest BCUT2D eigenvalue weighted by molar-refractivity contribution is 7.99. The fraction of sp³-hybridized carbons (Fsp3) is 0.462. The molecule has 1 amide bonds. The van der Waals surface area contributed by atoms with Gasteiger partial charge in [-0.1, -0.05) is 30.3 Å². The maximum atomic E-state index is 11.9. The van der Waals surface area contributed by atoms with Gasteiger partial charge in [-0.25, -0.2) is 0 Å². The molecule has 0 saturated carbocycles. The van der Waals surface area contributed by atoms with E-state index in [9.17, 15) is 9.00 Å². The number of halogens is 1. The standard InChI is InChI=1S/C13H18N2O2S2.ClH/c16-13(12-8-18-10-15-12)14-6-7-19(17)9-11-4-2-1-3-5-11;/h1-5,12,15H,6-10H2,(H,14,16);1H. The summed E-state index contributed by atoms with van der Waals surface area (Å²) in [5.74, 6) is 2.72. The van der Waals surface area contributed by atoms with Crippen LogP contribution in [-0.4, -0.2) is 40.1 Å². The lowest BCUT2D eigenvalue weighted by Gasteiger charge is -2.10. The summed E-state index contributed by atoms with van der Waals surface area (Å²) >= 11 is 1.72. The van der Waals surface area contributed by atoms with Crippen molar-refractivity contribution in [2.75, 3.05) is 23.9 Å². The number of carbonyl (C=O) groups is 1. The van der Waals surface area contributed by atoms with Crippen LogP contribution in [-0.2, 0) is 21.3 Å². The Kier molecular flexibility index (Phi) is 8.21. The van der Waals surface area contributed by atoms with Crippen molar-refractivity contribution >= 4 is 40.9 Å². The van der Waals surface area contributed by atoms with E-state index in [1.165, 1.54) is 0 Å². The van der Waals surface area contributed by atoms with Gasteiger partial charge in [0.15, 0.2) is 0 Å². The van der Waals surface area contributed by atoms with Crippen molar-refractivity contribution < 1.29 is 9.00 Å². The van der Waals surface area contributed by atoms with Gasteiger partial charge in [0.25, 0.3) is 0 Å². The first-order chi connectivity index (χ1) is 9.25. The first-order valence-electron chi connectivity index (χ1n) is 6.23. The van der Waals surface area contributed by atoms with Gasteiger partial charge in [-0.3, -0.25) is 14.3 Å². The molecule has 0 bridgehead atoms. The summed E-state index contributed by atoms with van der Waals surface area (Å²) in [6.07, 6.45) is 0. The summed E-state index contributed by atoms with van der Waals surface area (Å²) in [5, 5.41) is 5.94. The minimum atomic E-state index is -0.929. The van der Waals surface area contributed by atoms with E-state index in [1.807, 2.05) is 30.3 Å². The smallest absolute Gasteiger partial charge is 0.238 e. The van der Waals surface area contributed by atoms with Gasteiger partial charge in [-0.15, -0.1) is 24.2 Å². The van der Waals surface area contributed by atoms with Gasteiger partial charge in [0, 0.05) is 40.5 Å². The Morgan fingerprint density at radius 3 is 2.80 bits per heavy atom. The molecule has 2 rings (SSSR count). The largest absolute Gasteiger partial charge is 0.354 e. The number of rotatable bonds is 6. The zero-order valence-electron chi connectivity index (χ0n) is 11.0. The number of hydrogen-bond acceptors (Lipinski definition) is 4. The molecule has 1 fully saturated rings. The molecule has 7 heteroatoms. The van der Waals surface area contributed by atoms with Crippen LogP contribution in [0.4, 0.5) is 0 Å². The average Bonchev–Trinajstić information content (AvgIpc) is 2.93.